The van der Waals surface area contributed by atoms with Crippen molar-refractivity contribution in [1.29, 1.82) is 0 Å². The number of carbonyl (C=O) groups is 1. The molecule has 0 spiro atoms. The monoisotopic (exact) mass is 253 g/mol. The van der Waals surface area contributed by atoms with Crippen molar-refractivity contribution in [3.8, 4) is 0 Å². The highest BCUT2D eigenvalue weighted by atomic mass is 35.5. The molecule has 6 heteroatoms. The van der Waals surface area contributed by atoms with Crippen LogP contribution in [0.3, 0.4) is 0 Å². The van der Waals surface area contributed by atoms with Crippen LogP contribution in [0.5, 0.6) is 0 Å². The summed E-state index contributed by atoms with van der Waals surface area (Å²) >= 11 is 5.76. The van der Waals surface area contributed by atoms with Gasteiger partial charge in [0.05, 0.1) is 18.4 Å². The van der Waals surface area contributed by atoms with Crippen LogP contribution in [0.2, 0.25) is 5.02 Å². The first-order valence-corrected chi connectivity index (χ1v) is 5.71. The Kier molecular flexibility index (Phi) is 3.58. The van der Waals surface area contributed by atoms with E-state index in [0.717, 1.165) is 0 Å². The Bertz CT molecular complexity index is 413. The number of nitrogens with zero attached hydrogens (tertiary/aromatic N) is 3. The molecule has 1 fully saturated rings. The quantitative estimate of drug-likeness (QED) is 0.755. The van der Waals surface area contributed by atoms with E-state index in [1.54, 1.807) is 29.2 Å². The molecule has 0 atom stereocenters. The van der Waals surface area contributed by atoms with Crippen LogP contribution in [0.15, 0.2) is 29.6 Å². The zero-order chi connectivity index (χ0) is 12.3. The van der Waals surface area contributed by atoms with Crippen LogP contribution in [-0.4, -0.2) is 42.0 Å². The van der Waals surface area contributed by atoms with E-state index in [-0.39, 0.29) is 5.91 Å². The molecule has 1 saturated heterocycles. The molecule has 90 valence electrons. The summed E-state index contributed by atoms with van der Waals surface area (Å²) in [5, 5.41) is 4.88. The zero-order valence-electron chi connectivity index (χ0n) is 9.17. The minimum Gasteiger partial charge on any atom is -0.335 e. The van der Waals surface area contributed by atoms with Crippen LogP contribution in [0.1, 0.15) is 10.4 Å². The van der Waals surface area contributed by atoms with Gasteiger partial charge >= 0.3 is 0 Å². The van der Waals surface area contributed by atoms with Crippen molar-refractivity contribution in [1.82, 2.24) is 9.91 Å². The van der Waals surface area contributed by atoms with Gasteiger partial charge in [-0.05, 0) is 24.3 Å². The fourth-order valence-electron chi connectivity index (χ4n) is 1.76. The lowest BCUT2D eigenvalue weighted by Gasteiger charge is -2.31. The van der Waals surface area contributed by atoms with E-state index >= 15 is 0 Å². The first-order valence-electron chi connectivity index (χ1n) is 5.34. The minimum atomic E-state index is -0.0350. The lowest BCUT2D eigenvalue weighted by molar-refractivity contribution is 0.0639. The van der Waals surface area contributed by atoms with E-state index in [9.17, 15) is 9.70 Å². The SMILES string of the molecule is O=NN1CCN(C(=O)c2ccc(Cl)cc2)CC1. The van der Waals surface area contributed by atoms with Crippen molar-refractivity contribution < 1.29 is 4.79 Å². The number of nitroso groups, excluding NO2 is 1. The summed E-state index contributed by atoms with van der Waals surface area (Å²) in [6.07, 6.45) is 0. The highest BCUT2D eigenvalue weighted by Crippen LogP contribution is 2.13. The molecule has 0 saturated carbocycles. The first kappa shape index (κ1) is 11.9. The molecular formula is C11H12ClN3O2. The average molecular weight is 254 g/mol. The van der Waals surface area contributed by atoms with Crippen molar-refractivity contribution in [2.75, 3.05) is 26.2 Å². The average Bonchev–Trinajstić information content (AvgIpc) is 2.39. The van der Waals surface area contributed by atoms with Gasteiger partial charge in [-0.15, -0.1) is 4.91 Å². The molecule has 5 nitrogen and oxygen atoms in total. The molecule has 0 aliphatic carbocycles. The van der Waals surface area contributed by atoms with Gasteiger partial charge in [-0.25, -0.2) is 0 Å². The standard InChI is InChI=1S/C11H12ClN3O2/c12-10-3-1-9(2-4-10)11(16)14-5-7-15(13-17)8-6-14/h1-4H,5-8H2. The molecule has 0 aromatic heterocycles. The van der Waals surface area contributed by atoms with Crippen molar-refractivity contribution in [3.63, 3.8) is 0 Å². The second-order valence-corrected chi connectivity index (χ2v) is 4.27. The van der Waals surface area contributed by atoms with Gasteiger partial charge in [0.25, 0.3) is 5.91 Å². The topological polar surface area (TPSA) is 53.0 Å². The van der Waals surface area contributed by atoms with Crippen LogP contribution >= 0.6 is 11.6 Å². The molecule has 1 aliphatic rings. The van der Waals surface area contributed by atoms with Crippen molar-refractivity contribution >= 4 is 17.5 Å². The largest absolute Gasteiger partial charge is 0.335 e. The van der Waals surface area contributed by atoms with Crippen LogP contribution in [0.25, 0.3) is 0 Å². The summed E-state index contributed by atoms with van der Waals surface area (Å²) in [5.41, 5.74) is 0.613. The molecular weight excluding hydrogens is 242 g/mol. The van der Waals surface area contributed by atoms with Gasteiger partial charge in [-0.3, -0.25) is 9.80 Å². The van der Waals surface area contributed by atoms with E-state index in [1.165, 1.54) is 5.01 Å². The van der Waals surface area contributed by atoms with Crippen LogP contribution < -0.4 is 0 Å². The maximum absolute atomic E-state index is 12.1. The van der Waals surface area contributed by atoms with E-state index in [1.807, 2.05) is 0 Å². The Morgan fingerprint density at radius 3 is 2.24 bits per heavy atom. The number of hydrogen-bond donors (Lipinski definition) is 0. The Balaban J connectivity index is 2.01. The summed E-state index contributed by atoms with van der Waals surface area (Å²) < 4.78 is 0. The molecule has 2 rings (SSSR count). The van der Waals surface area contributed by atoms with Gasteiger partial charge in [0, 0.05) is 23.7 Å². The van der Waals surface area contributed by atoms with Gasteiger partial charge in [-0.2, -0.15) is 0 Å². The van der Waals surface area contributed by atoms with Crippen LogP contribution in [0.4, 0.5) is 0 Å². The molecule has 1 aliphatic heterocycles. The maximum Gasteiger partial charge on any atom is 0.253 e. The lowest BCUT2D eigenvalue weighted by Crippen LogP contribution is -2.46. The van der Waals surface area contributed by atoms with E-state index in [2.05, 4.69) is 5.29 Å². The Labute approximate surface area is 104 Å². The number of halogens is 1. The predicted molar refractivity (Wildman–Crippen MR) is 64.7 cm³/mol. The van der Waals surface area contributed by atoms with Crippen LogP contribution in [-0.2, 0) is 0 Å². The molecule has 0 N–H and O–H groups in total. The summed E-state index contributed by atoms with van der Waals surface area (Å²) in [6, 6.07) is 6.79. The molecule has 0 unspecified atom stereocenters. The summed E-state index contributed by atoms with van der Waals surface area (Å²) in [4.78, 5) is 24.1. The van der Waals surface area contributed by atoms with Gasteiger partial charge < -0.3 is 4.90 Å². The smallest absolute Gasteiger partial charge is 0.253 e. The Morgan fingerprint density at radius 1 is 1.12 bits per heavy atom. The third-order valence-electron chi connectivity index (χ3n) is 2.75. The number of rotatable bonds is 2. The van der Waals surface area contributed by atoms with Gasteiger partial charge in [0.1, 0.15) is 0 Å². The number of piperazine rings is 1. The predicted octanol–water partition coefficient (Wildman–Crippen LogP) is 1.78. The number of benzene rings is 1. The second kappa shape index (κ2) is 5.14. The van der Waals surface area contributed by atoms with E-state index in [4.69, 9.17) is 11.6 Å². The molecule has 0 bridgehead atoms. The fourth-order valence-corrected chi connectivity index (χ4v) is 1.88. The van der Waals surface area contributed by atoms with Gasteiger partial charge in [-0.1, -0.05) is 11.6 Å². The van der Waals surface area contributed by atoms with Gasteiger partial charge in [0.15, 0.2) is 0 Å². The highest BCUT2D eigenvalue weighted by molar-refractivity contribution is 6.30. The number of carbonyl (C=O) groups excluding carboxylic acids is 1. The molecule has 0 radical (unpaired) electrons. The zero-order valence-corrected chi connectivity index (χ0v) is 9.93. The molecule has 1 aromatic carbocycles. The Morgan fingerprint density at radius 2 is 1.71 bits per heavy atom. The Hall–Kier alpha value is -1.62. The molecule has 17 heavy (non-hydrogen) atoms. The third-order valence-corrected chi connectivity index (χ3v) is 3.00. The molecule has 1 amide bonds. The first-order chi connectivity index (χ1) is 8.20. The lowest BCUT2D eigenvalue weighted by atomic mass is 10.2. The van der Waals surface area contributed by atoms with Crippen molar-refractivity contribution in [2.24, 2.45) is 5.29 Å². The normalized spacial score (nSPS) is 15.8. The van der Waals surface area contributed by atoms with Crippen molar-refractivity contribution in [3.05, 3.63) is 39.8 Å². The van der Waals surface area contributed by atoms with Crippen LogP contribution in [0, 0.1) is 4.91 Å². The molecule has 1 aromatic rings. The number of hydrogen-bond acceptors (Lipinski definition) is 3. The van der Waals surface area contributed by atoms with Gasteiger partial charge in [0.2, 0.25) is 0 Å². The van der Waals surface area contributed by atoms with E-state index in [0.29, 0.717) is 36.8 Å². The van der Waals surface area contributed by atoms with Crippen molar-refractivity contribution in [2.45, 2.75) is 0 Å². The maximum atomic E-state index is 12.1. The van der Waals surface area contributed by atoms with E-state index < -0.39 is 0 Å². The summed E-state index contributed by atoms with van der Waals surface area (Å²) in [7, 11) is 0. The second-order valence-electron chi connectivity index (χ2n) is 3.83. The molecule has 1 heterocycles. The summed E-state index contributed by atoms with van der Waals surface area (Å²) in [6.45, 7) is 2.02. The fraction of sp³-hybridized carbons (Fsp3) is 0.364. The summed E-state index contributed by atoms with van der Waals surface area (Å²) in [5.74, 6) is -0.0350. The highest BCUT2D eigenvalue weighted by Gasteiger charge is 2.21. The number of amides is 1. The minimum absolute atomic E-state index is 0.0350. The third kappa shape index (κ3) is 2.74.